The van der Waals surface area contributed by atoms with Crippen LogP contribution in [0.2, 0.25) is 0 Å². The van der Waals surface area contributed by atoms with Crippen LogP contribution >= 0.6 is 0 Å². The first-order chi connectivity index (χ1) is 20.9. The molecular weight excluding hydrogens is 556 g/mol. The largest absolute Gasteiger partial charge is 0.401 e. The number of halogens is 2. The lowest BCUT2D eigenvalue weighted by molar-refractivity contribution is 0.111. The summed E-state index contributed by atoms with van der Waals surface area (Å²) in [6, 6.07) is 26.0. The van der Waals surface area contributed by atoms with E-state index in [0.717, 1.165) is 63.9 Å². The van der Waals surface area contributed by atoms with Crippen LogP contribution in [-0.2, 0) is 17.5 Å². The lowest BCUT2D eigenvalue weighted by Crippen LogP contribution is -2.67. The highest BCUT2D eigenvalue weighted by atomic mass is 28.4. The molecule has 6 heteroatoms. The minimum atomic E-state index is -3.44. The van der Waals surface area contributed by atoms with Crippen LogP contribution in [0.1, 0.15) is 93.0 Å². The Balaban J connectivity index is 1.98. The van der Waals surface area contributed by atoms with Crippen molar-refractivity contribution >= 4 is 25.0 Å². The molecule has 0 aliphatic heterocycles. The summed E-state index contributed by atoms with van der Waals surface area (Å²) in [6.07, 6.45) is 5.50. The predicted molar refractivity (Wildman–Crippen MR) is 175 cm³/mol. The molecule has 1 heterocycles. The third-order valence-corrected chi connectivity index (χ3v) is 12.3. The molecule has 3 nitrogen and oxygen atoms in total. The zero-order chi connectivity index (χ0) is 30.8. The number of hydrogen-bond acceptors (Lipinski definition) is 3. The molecule has 0 radical (unpaired) electrons. The second-order valence-electron chi connectivity index (χ2n) is 11.5. The first-order valence-corrected chi connectivity index (χ1v) is 17.5. The summed E-state index contributed by atoms with van der Waals surface area (Å²) in [4.78, 5) is 17.3. The number of alkyl halides is 1. The standard InChI is InChI=1S/C37H43F2NO2Si/c1-5-7-10-20-32-34(25-41)40-37(27(3)4)33(36(32)28-21-23-29(38)24-22-28)26-42-43(35(39)15-6-2,30-16-11-8-12-17-30)31-18-13-9-14-19-31/h8-9,11-14,16-19,21-25,27,35H,5-7,10,15,20,26H2,1-4H3. The van der Waals surface area contributed by atoms with Crippen LogP contribution in [0.3, 0.4) is 0 Å². The van der Waals surface area contributed by atoms with Crippen LogP contribution in [-0.4, -0.2) is 25.4 Å². The average Bonchev–Trinajstić information content (AvgIpc) is 3.03. The number of pyridine rings is 1. The summed E-state index contributed by atoms with van der Waals surface area (Å²) >= 11 is 0. The second-order valence-corrected chi connectivity index (χ2v) is 15.0. The van der Waals surface area contributed by atoms with Crippen molar-refractivity contribution in [3.63, 3.8) is 0 Å². The molecule has 0 saturated heterocycles. The van der Waals surface area contributed by atoms with Gasteiger partial charge >= 0.3 is 0 Å². The van der Waals surface area contributed by atoms with Gasteiger partial charge in [0, 0.05) is 11.3 Å². The Morgan fingerprint density at radius 1 is 0.837 bits per heavy atom. The van der Waals surface area contributed by atoms with E-state index in [1.807, 2.05) is 81.4 Å². The fraction of sp³-hybridized carbons (Fsp3) is 0.351. The number of aldehydes is 1. The van der Waals surface area contributed by atoms with Gasteiger partial charge in [-0.1, -0.05) is 120 Å². The molecule has 0 saturated carbocycles. The fourth-order valence-corrected chi connectivity index (χ4v) is 10.0. The predicted octanol–water partition coefficient (Wildman–Crippen LogP) is 8.51. The third-order valence-electron chi connectivity index (χ3n) is 8.12. The van der Waals surface area contributed by atoms with Crippen LogP contribution in [0.4, 0.5) is 8.78 Å². The topological polar surface area (TPSA) is 39.2 Å². The lowest BCUT2D eigenvalue weighted by Gasteiger charge is -2.36. The molecular formula is C37H43F2NO2Si. The summed E-state index contributed by atoms with van der Waals surface area (Å²) in [5, 5.41) is 1.74. The average molecular weight is 600 g/mol. The Morgan fingerprint density at radius 2 is 1.44 bits per heavy atom. The number of benzene rings is 3. The van der Waals surface area contributed by atoms with Crippen molar-refractivity contribution < 1.29 is 18.0 Å². The highest BCUT2D eigenvalue weighted by molar-refractivity contribution is 6.98. The van der Waals surface area contributed by atoms with Gasteiger partial charge in [-0.3, -0.25) is 4.79 Å². The molecule has 0 spiro atoms. The highest BCUT2D eigenvalue weighted by Crippen LogP contribution is 2.36. The quantitative estimate of drug-likeness (QED) is 0.0781. The van der Waals surface area contributed by atoms with Crippen LogP contribution in [0.5, 0.6) is 0 Å². The van der Waals surface area contributed by atoms with Gasteiger partial charge in [0.05, 0.1) is 6.61 Å². The Bertz CT molecular complexity index is 1420. The van der Waals surface area contributed by atoms with Gasteiger partial charge in [-0.2, -0.15) is 0 Å². The molecule has 0 aliphatic carbocycles. The lowest BCUT2D eigenvalue weighted by atomic mass is 9.87. The molecule has 1 unspecified atom stereocenters. The first-order valence-electron chi connectivity index (χ1n) is 15.5. The summed E-state index contributed by atoms with van der Waals surface area (Å²) in [5.41, 5.74) is 4.49. The van der Waals surface area contributed by atoms with Gasteiger partial charge in [0.1, 0.15) is 17.3 Å². The summed E-state index contributed by atoms with van der Waals surface area (Å²) in [6.45, 7) is 8.34. The number of unbranched alkanes of at least 4 members (excludes halogenated alkanes) is 2. The molecule has 0 aliphatic rings. The zero-order valence-electron chi connectivity index (χ0n) is 25.8. The smallest absolute Gasteiger partial charge is 0.290 e. The first kappa shape index (κ1) is 32.4. The number of hydrogen-bond donors (Lipinski definition) is 0. The van der Waals surface area contributed by atoms with Gasteiger partial charge in [0.2, 0.25) is 0 Å². The monoisotopic (exact) mass is 599 g/mol. The SMILES string of the molecule is CCCCCc1c(C=O)nc(C(C)C)c(CO[Si](c2ccccc2)(c2ccccc2)C(F)CCC)c1-c1ccc(F)cc1. The maximum Gasteiger partial charge on any atom is 0.290 e. The van der Waals surface area contributed by atoms with Crippen molar-refractivity contribution in [2.24, 2.45) is 0 Å². The van der Waals surface area contributed by atoms with E-state index in [9.17, 15) is 9.18 Å². The normalized spacial score (nSPS) is 12.4. The van der Waals surface area contributed by atoms with Crippen molar-refractivity contribution in [3.8, 4) is 11.1 Å². The molecule has 226 valence electrons. The number of nitrogens with zero attached hydrogens (tertiary/aromatic N) is 1. The highest BCUT2D eigenvalue weighted by Gasteiger charge is 2.48. The molecule has 4 rings (SSSR count). The molecule has 0 bridgehead atoms. The van der Waals surface area contributed by atoms with Gasteiger partial charge in [0.15, 0.2) is 6.29 Å². The van der Waals surface area contributed by atoms with Crippen molar-refractivity contribution in [1.29, 1.82) is 0 Å². The van der Waals surface area contributed by atoms with Crippen molar-refractivity contribution in [2.75, 3.05) is 0 Å². The zero-order valence-corrected chi connectivity index (χ0v) is 26.8. The van der Waals surface area contributed by atoms with E-state index in [4.69, 9.17) is 9.41 Å². The molecule has 1 atom stereocenters. The fourth-order valence-electron chi connectivity index (χ4n) is 5.99. The van der Waals surface area contributed by atoms with Crippen LogP contribution in [0, 0.1) is 5.82 Å². The summed E-state index contributed by atoms with van der Waals surface area (Å²) in [5.74, 6) is -1.55. The van der Waals surface area contributed by atoms with E-state index in [1.54, 1.807) is 12.1 Å². The molecule has 43 heavy (non-hydrogen) atoms. The molecule has 4 aromatic rings. The van der Waals surface area contributed by atoms with Crippen molar-refractivity contribution in [2.45, 2.75) is 84.5 Å². The Labute approximate surface area is 256 Å². The van der Waals surface area contributed by atoms with E-state index in [-0.39, 0.29) is 18.3 Å². The van der Waals surface area contributed by atoms with Crippen molar-refractivity contribution in [1.82, 2.24) is 4.98 Å². The minimum absolute atomic E-state index is 0.0254. The second kappa shape index (κ2) is 15.3. The number of carbonyl (C=O) groups excluding carboxylic acids is 1. The van der Waals surface area contributed by atoms with Gasteiger partial charge in [-0.25, -0.2) is 13.8 Å². The van der Waals surface area contributed by atoms with Crippen LogP contribution in [0.25, 0.3) is 11.1 Å². The Kier molecular flexibility index (Phi) is 11.5. The van der Waals surface area contributed by atoms with Gasteiger partial charge < -0.3 is 4.43 Å². The molecule has 1 aromatic heterocycles. The molecule has 0 amide bonds. The summed E-state index contributed by atoms with van der Waals surface area (Å²) < 4.78 is 38.0. The van der Waals surface area contributed by atoms with Crippen molar-refractivity contribution in [3.05, 3.63) is 113 Å². The van der Waals surface area contributed by atoms with E-state index < -0.39 is 14.1 Å². The van der Waals surface area contributed by atoms with Crippen LogP contribution < -0.4 is 10.4 Å². The Morgan fingerprint density at radius 3 is 1.95 bits per heavy atom. The van der Waals surface area contributed by atoms with E-state index >= 15 is 4.39 Å². The molecule has 0 N–H and O–H groups in total. The minimum Gasteiger partial charge on any atom is -0.401 e. The van der Waals surface area contributed by atoms with Crippen LogP contribution in [0.15, 0.2) is 84.9 Å². The van der Waals surface area contributed by atoms with E-state index in [1.165, 1.54) is 12.1 Å². The maximum atomic E-state index is 16.8. The van der Waals surface area contributed by atoms with Gasteiger partial charge in [0.25, 0.3) is 8.32 Å². The molecule has 3 aromatic carbocycles. The third kappa shape index (κ3) is 7.19. The van der Waals surface area contributed by atoms with Gasteiger partial charge in [-0.05, 0) is 64.4 Å². The van der Waals surface area contributed by atoms with E-state index in [0.29, 0.717) is 25.0 Å². The number of rotatable bonds is 15. The van der Waals surface area contributed by atoms with E-state index in [2.05, 4.69) is 6.92 Å². The number of carbonyl (C=O) groups is 1. The molecule has 0 fully saturated rings. The number of aromatic nitrogens is 1. The maximum absolute atomic E-state index is 16.8. The summed E-state index contributed by atoms with van der Waals surface area (Å²) in [7, 11) is -3.44. The Hall–Kier alpha value is -3.48. The van der Waals surface area contributed by atoms with Gasteiger partial charge in [-0.15, -0.1) is 0 Å².